The second-order valence-corrected chi connectivity index (χ2v) is 4.22. The summed E-state index contributed by atoms with van der Waals surface area (Å²) in [4.78, 5) is 14.9. The summed E-state index contributed by atoms with van der Waals surface area (Å²) < 4.78 is 0. The van der Waals surface area contributed by atoms with Gasteiger partial charge in [-0.15, -0.1) is 0 Å². The number of H-pyrrole nitrogens is 1. The van der Waals surface area contributed by atoms with E-state index in [2.05, 4.69) is 10.4 Å². The molecule has 1 aromatic rings. The van der Waals surface area contributed by atoms with Gasteiger partial charge in [-0.2, -0.15) is 0 Å². The molecule has 0 atom stereocenters. The molecule has 0 aromatic carbocycles. The van der Waals surface area contributed by atoms with Crippen LogP contribution < -0.4 is 11.3 Å². The monoisotopic (exact) mass is 207 g/mol. The van der Waals surface area contributed by atoms with E-state index in [0.29, 0.717) is 0 Å². The van der Waals surface area contributed by atoms with E-state index in [1.807, 2.05) is 18.5 Å². The summed E-state index contributed by atoms with van der Waals surface area (Å²) >= 11 is 0. The lowest BCUT2D eigenvalue weighted by atomic mass is 9.69. The Morgan fingerprint density at radius 1 is 1.40 bits per heavy atom. The van der Waals surface area contributed by atoms with Gasteiger partial charge in [0, 0.05) is 12.4 Å². The first-order chi connectivity index (χ1) is 7.29. The van der Waals surface area contributed by atoms with Crippen LogP contribution in [0.25, 0.3) is 0 Å². The molecule has 1 fully saturated rings. The second kappa shape index (κ2) is 4.06. The van der Waals surface area contributed by atoms with Crippen LogP contribution in [0.1, 0.15) is 37.7 Å². The van der Waals surface area contributed by atoms with Crippen molar-refractivity contribution in [1.82, 2.24) is 10.4 Å². The molecule has 0 spiro atoms. The van der Waals surface area contributed by atoms with E-state index in [1.165, 1.54) is 6.42 Å². The first-order valence-corrected chi connectivity index (χ1v) is 5.44. The number of aromatic amines is 1. The van der Waals surface area contributed by atoms with Crippen LogP contribution in [-0.2, 0) is 10.2 Å². The Morgan fingerprint density at radius 2 is 2.13 bits per heavy atom. The van der Waals surface area contributed by atoms with Gasteiger partial charge in [0.25, 0.3) is 0 Å². The number of aromatic nitrogens is 1. The standard InChI is InChI=1S/C11H17N3O/c12-14-10(15)11(5-2-1-3-6-11)9-4-7-13-8-9/h4,7-8,13H,1-3,5-6,12H2,(H,14,15). The molecule has 1 aliphatic carbocycles. The quantitative estimate of drug-likeness (QED) is 0.387. The van der Waals surface area contributed by atoms with Crippen molar-refractivity contribution in [2.75, 3.05) is 0 Å². The molecule has 1 aromatic heterocycles. The third-order valence-corrected chi connectivity index (χ3v) is 3.42. The Morgan fingerprint density at radius 3 is 2.67 bits per heavy atom. The molecule has 2 rings (SSSR count). The molecule has 1 heterocycles. The van der Waals surface area contributed by atoms with Crippen LogP contribution in [0.4, 0.5) is 0 Å². The van der Waals surface area contributed by atoms with Crippen molar-refractivity contribution in [1.29, 1.82) is 0 Å². The summed E-state index contributed by atoms with van der Waals surface area (Å²) in [6, 6.07) is 1.97. The molecule has 0 radical (unpaired) electrons. The Bertz CT molecular complexity index is 326. The number of nitrogens with two attached hydrogens (primary N) is 1. The van der Waals surface area contributed by atoms with Gasteiger partial charge in [0.05, 0.1) is 5.41 Å². The fourth-order valence-electron chi connectivity index (χ4n) is 2.56. The van der Waals surface area contributed by atoms with Crippen LogP contribution in [0.2, 0.25) is 0 Å². The maximum Gasteiger partial charge on any atom is 0.244 e. The molecule has 1 aliphatic rings. The zero-order valence-electron chi connectivity index (χ0n) is 8.75. The predicted octanol–water partition coefficient (Wildman–Crippen LogP) is 1.21. The normalized spacial score (nSPS) is 19.8. The Kier molecular flexibility index (Phi) is 2.77. The highest BCUT2D eigenvalue weighted by Gasteiger charge is 2.40. The molecule has 0 saturated heterocycles. The van der Waals surface area contributed by atoms with Gasteiger partial charge in [-0.25, -0.2) is 5.84 Å². The van der Waals surface area contributed by atoms with Crippen LogP contribution in [0.15, 0.2) is 18.5 Å². The smallest absolute Gasteiger partial charge is 0.244 e. The van der Waals surface area contributed by atoms with Gasteiger partial charge >= 0.3 is 0 Å². The van der Waals surface area contributed by atoms with Gasteiger partial charge in [-0.1, -0.05) is 19.3 Å². The zero-order chi connectivity index (χ0) is 10.7. The van der Waals surface area contributed by atoms with Crippen molar-refractivity contribution in [3.8, 4) is 0 Å². The largest absolute Gasteiger partial charge is 0.367 e. The topological polar surface area (TPSA) is 70.9 Å². The molecule has 0 bridgehead atoms. The van der Waals surface area contributed by atoms with E-state index in [0.717, 1.165) is 31.2 Å². The number of hydrogen-bond donors (Lipinski definition) is 3. The lowest BCUT2D eigenvalue weighted by molar-refractivity contribution is -0.128. The highest BCUT2D eigenvalue weighted by Crippen LogP contribution is 2.39. The molecule has 0 unspecified atom stereocenters. The summed E-state index contributed by atoms with van der Waals surface area (Å²) in [5.74, 6) is 5.23. The first kappa shape index (κ1) is 10.2. The molecular weight excluding hydrogens is 190 g/mol. The molecule has 4 nitrogen and oxygen atoms in total. The number of hydrazine groups is 1. The Labute approximate surface area is 89.2 Å². The van der Waals surface area contributed by atoms with E-state index in [4.69, 9.17) is 5.84 Å². The van der Waals surface area contributed by atoms with Crippen LogP contribution in [0, 0.1) is 0 Å². The van der Waals surface area contributed by atoms with Gasteiger partial charge in [-0.05, 0) is 24.5 Å². The number of amides is 1. The number of hydrogen-bond acceptors (Lipinski definition) is 2. The maximum atomic E-state index is 11.9. The average Bonchev–Trinajstić information content (AvgIpc) is 2.83. The minimum absolute atomic E-state index is 0.0539. The maximum absolute atomic E-state index is 11.9. The molecule has 1 saturated carbocycles. The van der Waals surface area contributed by atoms with Gasteiger partial charge in [0.2, 0.25) is 5.91 Å². The third kappa shape index (κ3) is 1.65. The summed E-state index contributed by atoms with van der Waals surface area (Å²) in [5, 5.41) is 0. The predicted molar refractivity (Wildman–Crippen MR) is 57.9 cm³/mol. The van der Waals surface area contributed by atoms with Gasteiger partial charge in [0.15, 0.2) is 0 Å². The summed E-state index contributed by atoms with van der Waals surface area (Å²) in [5.41, 5.74) is 2.98. The van der Waals surface area contributed by atoms with Crippen molar-refractivity contribution in [3.05, 3.63) is 24.0 Å². The molecule has 4 heteroatoms. The van der Waals surface area contributed by atoms with Crippen molar-refractivity contribution >= 4 is 5.91 Å². The lowest BCUT2D eigenvalue weighted by Crippen LogP contribution is -2.48. The molecule has 15 heavy (non-hydrogen) atoms. The fraction of sp³-hybridized carbons (Fsp3) is 0.545. The Balaban J connectivity index is 2.34. The number of carbonyl (C=O) groups excluding carboxylic acids is 1. The first-order valence-electron chi connectivity index (χ1n) is 5.44. The third-order valence-electron chi connectivity index (χ3n) is 3.42. The van der Waals surface area contributed by atoms with Gasteiger partial charge in [0.1, 0.15) is 0 Å². The number of nitrogens with one attached hydrogen (secondary N) is 2. The van der Waals surface area contributed by atoms with E-state index in [1.54, 1.807) is 0 Å². The van der Waals surface area contributed by atoms with Crippen molar-refractivity contribution in [2.24, 2.45) is 5.84 Å². The van der Waals surface area contributed by atoms with E-state index in [9.17, 15) is 4.79 Å². The fourth-order valence-corrected chi connectivity index (χ4v) is 2.56. The van der Waals surface area contributed by atoms with Crippen LogP contribution >= 0.6 is 0 Å². The molecule has 82 valence electrons. The van der Waals surface area contributed by atoms with Crippen molar-refractivity contribution in [3.63, 3.8) is 0 Å². The van der Waals surface area contributed by atoms with E-state index in [-0.39, 0.29) is 5.91 Å². The number of rotatable bonds is 2. The lowest BCUT2D eigenvalue weighted by Gasteiger charge is -2.34. The zero-order valence-corrected chi connectivity index (χ0v) is 8.75. The molecule has 4 N–H and O–H groups in total. The second-order valence-electron chi connectivity index (χ2n) is 4.22. The Hall–Kier alpha value is -1.29. The summed E-state index contributed by atoms with van der Waals surface area (Å²) in [6.07, 6.45) is 8.96. The average molecular weight is 207 g/mol. The minimum Gasteiger partial charge on any atom is -0.367 e. The number of carbonyl (C=O) groups is 1. The van der Waals surface area contributed by atoms with E-state index < -0.39 is 5.41 Å². The van der Waals surface area contributed by atoms with Gasteiger partial charge in [-0.3, -0.25) is 10.2 Å². The highest BCUT2D eigenvalue weighted by atomic mass is 16.2. The van der Waals surface area contributed by atoms with E-state index >= 15 is 0 Å². The highest BCUT2D eigenvalue weighted by molar-refractivity contribution is 5.87. The van der Waals surface area contributed by atoms with Gasteiger partial charge < -0.3 is 4.98 Å². The summed E-state index contributed by atoms with van der Waals surface area (Å²) in [6.45, 7) is 0. The molecular formula is C11H17N3O. The van der Waals surface area contributed by atoms with Crippen LogP contribution in [0.3, 0.4) is 0 Å². The van der Waals surface area contributed by atoms with Crippen LogP contribution in [-0.4, -0.2) is 10.9 Å². The minimum atomic E-state index is -0.396. The van der Waals surface area contributed by atoms with Crippen molar-refractivity contribution in [2.45, 2.75) is 37.5 Å². The SMILES string of the molecule is NNC(=O)C1(c2cc[nH]c2)CCCCC1. The van der Waals surface area contributed by atoms with Crippen LogP contribution in [0.5, 0.6) is 0 Å². The molecule has 0 aliphatic heterocycles. The molecule has 1 amide bonds. The van der Waals surface area contributed by atoms with Crippen molar-refractivity contribution < 1.29 is 4.79 Å². The summed E-state index contributed by atoms with van der Waals surface area (Å²) in [7, 11) is 0.